The Bertz CT molecular complexity index is 1160. The van der Waals surface area contributed by atoms with Crippen molar-refractivity contribution in [1.29, 1.82) is 0 Å². The van der Waals surface area contributed by atoms with Crippen molar-refractivity contribution in [2.24, 2.45) is 0 Å². The first-order valence-corrected chi connectivity index (χ1v) is 13.8. The maximum atomic E-state index is 12.8. The summed E-state index contributed by atoms with van der Waals surface area (Å²) in [7, 11) is 0. The van der Waals surface area contributed by atoms with Crippen molar-refractivity contribution in [2.75, 3.05) is 19.7 Å². The minimum atomic E-state index is -1.00. The molecule has 2 heterocycles. The molecule has 1 aliphatic carbocycles. The lowest BCUT2D eigenvalue weighted by atomic mass is 10.00. The summed E-state index contributed by atoms with van der Waals surface area (Å²) in [5.74, 6) is 0.563. The molecule has 9 nitrogen and oxygen atoms in total. The number of carbonyl (C=O) groups is 3. The van der Waals surface area contributed by atoms with Gasteiger partial charge in [-0.1, -0.05) is 24.3 Å². The molecule has 5 rings (SSSR count). The van der Waals surface area contributed by atoms with Gasteiger partial charge < -0.3 is 29.5 Å². The molecular weight excluding hydrogens is 500 g/mol. The van der Waals surface area contributed by atoms with Gasteiger partial charge in [0, 0.05) is 13.2 Å². The lowest BCUT2D eigenvalue weighted by Crippen LogP contribution is -2.44. The number of likely N-dealkylation sites (tertiary alicyclic amines) is 1. The van der Waals surface area contributed by atoms with E-state index in [1.807, 2.05) is 6.92 Å². The fourth-order valence-electron chi connectivity index (χ4n) is 5.25. The number of rotatable bonds is 9. The Morgan fingerprint density at radius 3 is 2.38 bits per heavy atom. The van der Waals surface area contributed by atoms with Gasteiger partial charge in [-0.25, -0.2) is 9.59 Å². The molecule has 0 unspecified atom stereocenters. The molecule has 0 radical (unpaired) electrons. The number of carbonyl (C=O) groups excluding carboxylic acids is 2. The number of nitrogens with zero attached hydrogens (tertiary/aromatic N) is 1. The predicted octanol–water partition coefficient (Wildman–Crippen LogP) is 4.67. The van der Waals surface area contributed by atoms with Crippen LogP contribution >= 0.6 is 0 Å². The van der Waals surface area contributed by atoms with Gasteiger partial charge in [0.25, 0.3) is 0 Å². The van der Waals surface area contributed by atoms with Gasteiger partial charge in [-0.05, 0) is 86.8 Å². The van der Waals surface area contributed by atoms with E-state index in [0.29, 0.717) is 49.6 Å². The molecule has 2 amide bonds. The quantitative estimate of drug-likeness (QED) is 0.448. The van der Waals surface area contributed by atoms with Crippen LogP contribution in [-0.4, -0.2) is 65.9 Å². The Balaban J connectivity index is 1.25. The average molecular weight is 537 g/mol. The number of hydrogen-bond donors (Lipinski definition) is 2. The molecule has 4 atom stereocenters. The van der Waals surface area contributed by atoms with Crippen molar-refractivity contribution in [3.8, 4) is 5.75 Å². The molecule has 2 aromatic rings. The van der Waals surface area contributed by atoms with Gasteiger partial charge in [0.2, 0.25) is 5.91 Å². The minimum Gasteiger partial charge on any atom is -0.484 e. The maximum Gasteiger partial charge on any atom is 0.407 e. The molecule has 1 saturated carbocycles. The van der Waals surface area contributed by atoms with Gasteiger partial charge >= 0.3 is 12.1 Å². The van der Waals surface area contributed by atoms with Gasteiger partial charge in [0.15, 0.2) is 0 Å². The fourth-order valence-corrected chi connectivity index (χ4v) is 5.25. The van der Waals surface area contributed by atoms with Crippen molar-refractivity contribution in [3.63, 3.8) is 0 Å². The van der Waals surface area contributed by atoms with E-state index in [9.17, 15) is 19.5 Å². The molecule has 0 aromatic heterocycles. The number of esters is 1. The van der Waals surface area contributed by atoms with Crippen LogP contribution in [0.2, 0.25) is 0 Å². The molecule has 9 heteroatoms. The highest BCUT2D eigenvalue weighted by Crippen LogP contribution is 2.40. The summed E-state index contributed by atoms with van der Waals surface area (Å²) in [4.78, 5) is 38.0. The SMILES string of the molecule is C[C@H](NC(=O)[C@@H]1CCCO1)[C@H](Oc1ccc(C(=O)O[C@H]2CCCN(C(=O)O)C2)cc1)c1ccc(C2CC2)cc1. The predicted molar refractivity (Wildman–Crippen MR) is 143 cm³/mol. The highest BCUT2D eigenvalue weighted by Gasteiger charge is 2.30. The van der Waals surface area contributed by atoms with E-state index in [1.165, 1.54) is 23.3 Å². The summed E-state index contributed by atoms with van der Waals surface area (Å²) < 4.78 is 17.5. The summed E-state index contributed by atoms with van der Waals surface area (Å²) in [6, 6.07) is 14.7. The van der Waals surface area contributed by atoms with Crippen molar-refractivity contribution in [3.05, 3.63) is 65.2 Å². The third kappa shape index (κ3) is 6.89. The Labute approximate surface area is 228 Å². The van der Waals surface area contributed by atoms with Crippen molar-refractivity contribution in [1.82, 2.24) is 10.2 Å². The zero-order valence-corrected chi connectivity index (χ0v) is 22.2. The molecule has 3 aliphatic rings. The van der Waals surface area contributed by atoms with Crippen LogP contribution in [0.1, 0.15) is 79.0 Å². The Morgan fingerprint density at radius 2 is 1.74 bits per heavy atom. The van der Waals surface area contributed by atoms with Gasteiger partial charge in [-0.15, -0.1) is 0 Å². The second-order valence-electron chi connectivity index (χ2n) is 10.7. The summed E-state index contributed by atoms with van der Waals surface area (Å²) >= 11 is 0. The molecule has 39 heavy (non-hydrogen) atoms. The Morgan fingerprint density at radius 1 is 1.00 bits per heavy atom. The molecule has 2 aromatic carbocycles. The van der Waals surface area contributed by atoms with Crippen LogP contribution in [0.25, 0.3) is 0 Å². The monoisotopic (exact) mass is 536 g/mol. The molecule has 0 spiro atoms. The third-order valence-corrected chi connectivity index (χ3v) is 7.64. The highest BCUT2D eigenvalue weighted by molar-refractivity contribution is 5.89. The van der Waals surface area contributed by atoms with Crippen LogP contribution in [0.3, 0.4) is 0 Å². The lowest BCUT2D eigenvalue weighted by Gasteiger charge is -2.30. The van der Waals surface area contributed by atoms with Gasteiger partial charge in [-0.2, -0.15) is 0 Å². The molecular formula is C30H36N2O7. The largest absolute Gasteiger partial charge is 0.484 e. The zero-order valence-electron chi connectivity index (χ0n) is 22.2. The summed E-state index contributed by atoms with van der Waals surface area (Å²) in [6.07, 6.45) is 2.98. The number of piperidine rings is 1. The third-order valence-electron chi connectivity index (χ3n) is 7.64. The van der Waals surface area contributed by atoms with Gasteiger partial charge in [0.1, 0.15) is 24.1 Å². The molecule has 2 aliphatic heterocycles. The van der Waals surface area contributed by atoms with E-state index < -0.39 is 30.4 Å². The van der Waals surface area contributed by atoms with Crippen LogP contribution in [0.15, 0.2) is 48.5 Å². The number of hydrogen-bond acceptors (Lipinski definition) is 6. The van der Waals surface area contributed by atoms with Gasteiger partial charge in [0.05, 0.1) is 18.2 Å². The van der Waals surface area contributed by atoms with E-state index in [1.54, 1.807) is 24.3 Å². The number of nitrogens with one attached hydrogen (secondary N) is 1. The fraction of sp³-hybridized carbons (Fsp3) is 0.500. The topological polar surface area (TPSA) is 114 Å². The first-order valence-electron chi connectivity index (χ1n) is 13.8. The first kappa shape index (κ1) is 27.0. The summed E-state index contributed by atoms with van der Waals surface area (Å²) in [6.45, 7) is 3.15. The summed E-state index contributed by atoms with van der Waals surface area (Å²) in [5, 5.41) is 12.3. The van der Waals surface area contributed by atoms with E-state index in [4.69, 9.17) is 14.2 Å². The van der Waals surface area contributed by atoms with Crippen LogP contribution in [-0.2, 0) is 14.3 Å². The summed E-state index contributed by atoms with van der Waals surface area (Å²) in [5.41, 5.74) is 2.63. The van der Waals surface area contributed by atoms with Crippen molar-refractivity contribution < 1.29 is 33.7 Å². The van der Waals surface area contributed by atoms with Crippen molar-refractivity contribution in [2.45, 2.75) is 75.7 Å². The first-order chi connectivity index (χ1) is 18.9. The highest BCUT2D eigenvalue weighted by atomic mass is 16.5. The minimum absolute atomic E-state index is 0.134. The van der Waals surface area contributed by atoms with Gasteiger partial charge in [-0.3, -0.25) is 4.79 Å². The maximum absolute atomic E-state index is 12.8. The van der Waals surface area contributed by atoms with Crippen LogP contribution < -0.4 is 10.1 Å². The normalized spacial score (nSPS) is 22.5. The molecule has 208 valence electrons. The van der Waals surface area contributed by atoms with E-state index in [2.05, 4.69) is 29.6 Å². The molecule has 2 saturated heterocycles. The number of amides is 2. The number of benzene rings is 2. The molecule has 2 N–H and O–H groups in total. The standard InChI is InChI=1S/C30H36N2O7/c1-19(31-28(33)26-5-3-17-37-26)27(22-10-8-21(9-11-22)20-6-7-20)38-24-14-12-23(13-15-24)29(34)39-25-4-2-16-32(18-25)30(35)36/h8-15,19-20,25-27H,2-7,16-18H2,1H3,(H,31,33)(H,35,36)/t19-,25-,26-,27-/m0/s1. The Hall–Kier alpha value is -3.59. The van der Waals surface area contributed by atoms with Crippen LogP contribution in [0.5, 0.6) is 5.75 Å². The molecule has 0 bridgehead atoms. The second kappa shape index (κ2) is 12.1. The van der Waals surface area contributed by atoms with Crippen LogP contribution in [0, 0.1) is 0 Å². The smallest absolute Gasteiger partial charge is 0.407 e. The number of carboxylic acid groups (broad SMARTS) is 1. The Kier molecular flexibility index (Phi) is 8.35. The van der Waals surface area contributed by atoms with Crippen molar-refractivity contribution >= 4 is 18.0 Å². The van der Waals surface area contributed by atoms with Crippen LogP contribution in [0.4, 0.5) is 4.79 Å². The average Bonchev–Trinajstić information content (AvgIpc) is 3.65. The van der Waals surface area contributed by atoms with E-state index in [-0.39, 0.29) is 18.5 Å². The van der Waals surface area contributed by atoms with E-state index >= 15 is 0 Å². The number of ether oxygens (including phenoxy) is 3. The zero-order chi connectivity index (χ0) is 27.4. The lowest BCUT2D eigenvalue weighted by molar-refractivity contribution is -0.131. The van der Waals surface area contributed by atoms with E-state index in [0.717, 1.165) is 12.0 Å². The second-order valence-corrected chi connectivity index (χ2v) is 10.7. The molecule has 3 fully saturated rings.